The van der Waals surface area contributed by atoms with Crippen LogP contribution in [0.1, 0.15) is 51.2 Å². The van der Waals surface area contributed by atoms with E-state index in [4.69, 9.17) is 4.52 Å². The SMILES string of the molecule is Cc1noc2nc(C(C)C)cc(C(=O)Nc3cccc(NC(=O)c4cccs4)c3)c12. The Labute approximate surface area is 177 Å². The van der Waals surface area contributed by atoms with E-state index in [9.17, 15) is 9.59 Å². The molecule has 30 heavy (non-hydrogen) atoms. The van der Waals surface area contributed by atoms with E-state index in [0.29, 0.717) is 38.6 Å². The van der Waals surface area contributed by atoms with Gasteiger partial charge in [-0.15, -0.1) is 11.3 Å². The molecule has 0 unspecified atom stereocenters. The molecule has 2 amide bonds. The number of hydrogen-bond acceptors (Lipinski definition) is 6. The average molecular weight is 420 g/mol. The summed E-state index contributed by atoms with van der Waals surface area (Å²) in [7, 11) is 0. The van der Waals surface area contributed by atoms with E-state index < -0.39 is 0 Å². The number of aromatic nitrogens is 2. The number of carbonyl (C=O) groups is 2. The smallest absolute Gasteiger partial charge is 0.265 e. The van der Waals surface area contributed by atoms with Gasteiger partial charge in [-0.1, -0.05) is 31.1 Å². The number of pyridine rings is 1. The number of amides is 2. The molecule has 2 N–H and O–H groups in total. The summed E-state index contributed by atoms with van der Waals surface area (Å²) in [5.41, 5.74) is 3.32. The van der Waals surface area contributed by atoms with Crippen LogP contribution < -0.4 is 10.6 Å². The summed E-state index contributed by atoms with van der Waals surface area (Å²) in [5, 5.41) is 12.1. The number of thiophene rings is 1. The summed E-state index contributed by atoms with van der Waals surface area (Å²) in [4.78, 5) is 30.4. The third kappa shape index (κ3) is 3.95. The molecule has 0 saturated carbocycles. The summed E-state index contributed by atoms with van der Waals surface area (Å²) in [5.74, 6) is -0.356. The Kier molecular flexibility index (Phi) is 5.33. The van der Waals surface area contributed by atoms with Crippen LogP contribution in [0, 0.1) is 6.92 Å². The zero-order valence-corrected chi connectivity index (χ0v) is 17.5. The lowest BCUT2D eigenvalue weighted by Gasteiger charge is -2.11. The standard InChI is InChI=1S/C22H20N4O3S/c1-12(2)17-11-16(19-13(3)26-29-22(19)25-17)20(27)23-14-6-4-7-15(10-14)24-21(28)18-8-5-9-30-18/h4-12H,1-3H3,(H,23,27)(H,24,28). The first-order valence-corrected chi connectivity index (χ1v) is 10.3. The molecule has 4 rings (SSSR count). The number of nitrogens with zero attached hydrogens (tertiary/aromatic N) is 2. The van der Waals surface area contributed by atoms with E-state index in [0.717, 1.165) is 5.69 Å². The molecule has 3 heterocycles. The highest BCUT2D eigenvalue weighted by molar-refractivity contribution is 7.12. The average Bonchev–Trinajstić information content (AvgIpc) is 3.38. The summed E-state index contributed by atoms with van der Waals surface area (Å²) in [6, 6.07) is 12.4. The van der Waals surface area contributed by atoms with Crippen molar-refractivity contribution in [1.82, 2.24) is 10.1 Å². The highest BCUT2D eigenvalue weighted by Crippen LogP contribution is 2.26. The second kappa shape index (κ2) is 8.08. The Hall–Kier alpha value is -3.52. The second-order valence-corrected chi connectivity index (χ2v) is 8.11. The van der Waals surface area contributed by atoms with Gasteiger partial charge in [-0.2, -0.15) is 0 Å². The summed E-state index contributed by atoms with van der Waals surface area (Å²) >= 11 is 1.37. The van der Waals surface area contributed by atoms with Crippen molar-refractivity contribution >= 4 is 45.6 Å². The quantitative estimate of drug-likeness (QED) is 0.461. The monoisotopic (exact) mass is 420 g/mol. The summed E-state index contributed by atoms with van der Waals surface area (Å²) in [6.07, 6.45) is 0. The van der Waals surface area contributed by atoms with E-state index in [1.165, 1.54) is 11.3 Å². The molecule has 152 valence electrons. The highest BCUT2D eigenvalue weighted by Gasteiger charge is 2.20. The molecule has 7 nitrogen and oxygen atoms in total. The molecule has 0 fully saturated rings. The van der Waals surface area contributed by atoms with Gasteiger partial charge in [0.1, 0.15) is 0 Å². The van der Waals surface area contributed by atoms with Gasteiger partial charge in [-0.3, -0.25) is 9.59 Å². The number of fused-ring (bicyclic) bond motifs is 1. The molecule has 0 aliphatic heterocycles. The fourth-order valence-corrected chi connectivity index (χ4v) is 3.68. The molecule has 0 radical (unpaired) electrons. The van der Waals surface area contributed by atoms with Crippen molar-refractivity contribution in [3.8, 4) is 0 Å². The number of aryl methyl sites for hydroxylation is 1. The van der Waals surface area contributed by atoms with Crippen LogP contribution in [-0.2, 0) is 0 Å². The molecule has 0 aliphatic carbocycles. The fourth-order valence-electron chi connectivity index (χ4n) is 3.06. The molecule has 8 heteroatoms. The molecular formula is C22H20N4O3S. The van der Waals surface area contributed by atoms with Gasteiger partial charge in [0, 0.05) is 17.1 Å². The topological polar surface area (TPSA) is 97.1 Å². The van der Waals surface area contributed by atoms with Gasteiger partial charge < -0.3 is 15.2 Å². The lowest BCUT2D eigenvalue weighted by Crippen LogP contribution is -2.14. The zero-order valence-electron chi connectivity index (χ0n) is 16.7. The molecule has 0 saturated heterocycles. The van der Waals surface area contributed by atoms with Crippen molar-refractivity contribution in [1.29, 1.82) is 0 Å². The number of rotatable bonds is 5. The maximum Gasteiger partial charge on any atom is 0.265 e. The predicted octanol–water partition coefficient (Wildman–Crippen LogP) is 5.22. The number of hydrogen-bond donors (Lipinski definition) is 2. The molecule has 0 aliphatic rings. The van der Waals surface area contributed by atoms with E-state index in [1.54, 1.807) is 43.3 Å². The van der Waals surface area contributed by atoms with E-state index in [2.05, 4.69) is 20.8 Å². The van der Waals surface area contributed by atoms with Crippen LogP contribution in [0.2, 0.25) is 0 Å². The number of benzene rings is 1. The van der Waals surface area contributed by atoms with Crippen LogP contribution in [0.4, 0.5) is 11.4 Å². The molecule has 0 spiro atoms. The van der Waals surface area contributed by atoms with Crippen LogP contribution in [0.5, 0.6) is 0 Å². The summed E-state index contributed by atoms with van der Waals surface area (Å²) in [6.45, 7) is 5.78. The number of carbonyl (C=O) groups excluding carboxylic acids is 2. The van der Waals surface area contributed by atoms with Gasteiger partial charge in [-0.25, -0.2) is 4.98 Å². The molecule has 1 aromatic carbocycles. The van der Waals surface area contributed by atoms with E-state index >= 15 is 0 Å². The normalized spacial score (nSPS) is 11.1. The van der Waals surface area contributed by atoms with Crippen LogP contribution in [0.15, 0.2) is 52.4 Å². The second-order valence-electron chi connectivity index (χ2n) is 7.16. The Morgan fingerprint density at radius 3 is 2.43 bits per heavy atom. The van der Waals surface area contributed by atoms with Gasteiger partial charge in [0.25, 0.3) is 17.5 Å². The Balaban J connectivity index is 1.60. The first kappa shape index (κ1) is 19.8. The van der Waals surface area contributed by atoms with Crippen LogP contribution in [0.25, 0.3) is 11.1 Å². The van der Waals surface area contributed by atoms with Crippen LogP contribution in [0.3, 0.4) is 0 Å². The molecule has 4 aromatic rings. The van der Waals surface area contributed by atoms with Crippen molar-refractivity contribution in [2.75, 3.05) is 10.6 Å². The van der Waals surface area contributed by atoms with Gasteiger partial charge >= 0.3 is 0 Å². The molecule has 0 atom stereocenters. The molecule has 0 bridgehead atoms. The Morgan fingerprint density at radius 1 is 1.03 bits per heavy atom. The van der Waals surface area contributed by atoms with Crippen molar-refractivity contribution < 1.29 is 14.1 Å². The Morgan fingerprint density at radius 2 is 1.77 bits per heavy atom. The Bertz CT molecular complexity index is 1230. The minimum Gasteiger partial charge on any atom is -0.336 e. The van der Waals surface area contributed by atoms with Gasteiger partial charge in [0.05, 0.1) is 21.5 Å². The zero-order chi connectivity index (χ0) is 21.3. The third-order valence-electron chi connectivity index (χ3n) is 4.60. The van der Waals surface area contributed by atoms with E-state index in [1.807, 2.05) is 25.3 Å². The van der Waals surface area contributed by atoms with Crippen LogP contribution in [-0.4, -0.2) is 22.0 Å². The molecular weight excluding hydrogens is 400 g/mol. The van der Waals surface area contributed by atoms with Crippen LogP contribution >= 0.6 is 11.3 Å². The minimum absolute atomic E-state index is 0.127. The summed E-state index contributed by atoms with van der Waals surface area (Å²) < 4.78 is 5.29. The van der Waals surface area contributed by atoms with Gasteiger partial charge in [0.2, 0.25) is 0 Å². The molecule has 3 aromatic heterocycles. The number of anilines is 2. The maximum atomic E-state index is 13.1. The lowest BCUT2D eigenvalue weighted by atomic mass is 10.0. The van der Waals surface area contributed by atoms with Crippen molar-refractivity contribution in [3.05, 3.63) is 69.7 Å². The van der Waals surface area contributed by atoms with Gasteiger partial charge in [-0.05, 0) is 48.6 Å². The lowest BCUT2D eigenvalue weighted by molar-refractivity contribution is 0.102. The fraction of sp³-hybridized carbons (Fsp3) is 0.182. The maximum absolute atomic E-state index is 13.1. The van der Waals surface area contributed by atoms with Gasteiger partial charge in [0.15, 0.2) is 0 Å². The van der Waals surface area contributed by atoms with Crippen molar-refractivity contribution in [2.24, 2.45) is 0 Å². The van der Waals surface area contributed by atoms with Crippen molar-refractivity contribution in [2.45, 2.75) is 26.7 Å². The highest BCUT2D eigenvalue weighted by atomic mass is 32.1. The predicted molar refractivity (Wildman–Crippen MR) is 117 cm³/mol. The minimum atomic E-state index is -0.294. The number of nitrogens with one attached hydrogen (secondary N) is 2. The van der Waals surface area contributed by atoms with E-state index in [-0.39, 0.29) is 17.7 Å². The largest absolute Gasteiger partial charge is 0.336 e. The first-order valence-electron chi connectivity index (χ1n) is 9.45. The first-order chi connectivity index (χ1) is 14.4. The third-order valence-corrected chi connectivity index (χ3v) is 5.46. The van der Waals surface area contributed by atoms with Crippen molar-refractivity contribution in [3.63, 3.8) is 0 Å².